The molecule has 2 N–H and O–H groups in total. The summed E-state index contributed by atoms with van der Waals surface area (Å²) in [5, 5.41) is 5.33. The lowest BCUT2D eigenvalue weighted by atomic mass is 10.00. The number of nitrogens with zero attached hydrogens (tertiary/aromatic N) is 1. The molecule has 0 aliphatic carbocycles. The van der Waals surface area contributed by atoms with Crippen molar-refractivity contribution >= 4 is 11.8 Å². The lowest BCUT2D eigenvalue weighted by Gasteiger charge is -2.10. The highest BCUT2D eigenvalue weighted by Crippen LogP contribution is 2.25. The molecule has 0 unspecified atom stereocenters. The molecule has 0 saturated carbocycles. The maximum atomic E-state index is 14.2. The van der Waals surface area contributed by atoms with Gasteiger partial charge in [0.1, 0.15) is 5.82 Å². The number of unbranched alkanes of at least 4 members (excludes halogenated alkanes) is 2. The van der Waals surface area contributed by atoms with E-state index < -0.39 is 5.82 Å². The number of pyridine rings is 1. The number of carbonyl (C=O) groups is 2. The molecule has 142 valence electrons. The van der Waals surface area contributed by atoms with Crippen molar-refractivity contribution in [3.05, 3.63) is 53.0 Å². The quantitative estimate of drug-likeness (QED) is 0.733. The Kier molecular flexibility index (Phi) is 6.83. The number of hydrogen-bond acceptors (Lipinski definition) is 3. The number of benzene rings is 1. The topological polar surface area (TPSA) is 71.1 Å². The van der Waals surface area contributed by atoms with Crippen molar-refractivity contribution in [2.24, 2.45) is 0 Å². The summed E-state index contributed by atoms with van der Waals surface area (Å²) >= 11 is 0. The van der Waals surface area contributed by atoms with E-state index >= 15 is 0 Å². The van der Waals surface area contributed by atoms with E-state index in [9.17, 15) is 14.0 Å². The maximum Gasteiger partial charge on any atom is 0.252 e. The standard InChI is InChI=1S/C20H24FN3O2.2H2/c1-4-5-6-9-23-20(26)14-7-8-18(24-12-14)16-10-15(19(25)22-3)11-17(21)13(16)2;;/h7-8,10-12H,4-6,9H2,1-3H3,(H,22,25)(H,23,26);2*1H. The monoisotopic (exact) mass is 361 g/mol. The zero-order chi connectivity index (χ0) is 19.1. The van der Waals surface area contributed by atoms with Gasteiger partial charge in [-0.2, -0.15) is 0 Å². The summed E-state index contributed by atoms with van der Waals surface area (Å²) in [5.74, 6) is -1.02. The second-order valence-electron chi connectivity index (χ2n) is 6.10. The molecule has 0 bridgehead atoms. The predicted molar refractivity (Wildman–Crippen MR) is 104 cm³/mol. The van der Waals surface area contributed by atoms with Crippen LogP contribution in [0, 0.1) is 12.7 Å². The Balaban J connectivity index is 0.00000364. The summed E-state index contributed by atoms with van der Waals surface area (Å²) in [5.41, 5.74) is 2.12. The highest BCUT2D eigenvalue weighted by atomic mass is 19.1. The lowest BCUT2D eigenvalue weighted by molar-refractivity contribution is 0.0948. The maximum absolute atomic E-state index is 14.2. The first-order valence-corrected chi connectivity index (χ1v) is 8.74. The van der Waals surface area contributed by atoms with E-state index in [4.69, 9.17) is 0 Å². The number of hydrogen-bond donors (Lipinski definition) is 2. The molecule has 0 radical (unpaired) electrons. The molecule has 0 atom stereocenters. The summed E-state index contributed by atoms with van der Waals surface area (Å²) in [6, 6.07) is 6.12. The molecular formula is C20H28FN3O2. The number of carbonyl (C=O) groups excluding carboxylic acids is 2. The van der Waals surface area contributed by atoms with Crippen LogP contribution in [-0.4, -0.2) is 30.4 Å². The van der Waals surface area contributed by atoms with Gasteiger partial charge in [0, 0.05) is 33.8 Å². The minimum atomic E-state index is -0.472. The number of rotatable bonds is 7. The minimum Gasteiger partial charge on any atom is -0.355 e. The number of nitrogens with one attached hydrogen (secondary N) is 2. The van der Waals surface area contributed by atoms with Crippen LogP contribution in [0.15, 0.2) is 30.5 Å². The van der Waals surface area contributed by atoms with Crippen LogP contribution in [0.25, 0.3) is 11.3 Å². The van der Waals surface area contributed by atoms with Crippen LogP contribution in [0.1, 0.15) is 55.3 Å². The van der Waals surface area contributed by atoms with Crippen molar-refractivity contribution in [2.75, 3.05) is 13.6 Å². The molecule has 2 rings (SSSR count). The third-order valence-corrected chi connectivity index (χ3v) is 4.20. The number of amides is 2. The molecule has 0 aliphatic heterocycles. The summed E-state index contributed by atoms with van der Waals surface area (Å²) in [4.78, 5) is 28.2. The normalized spacial score (nSPS) is 10.5. The Morgan fingerprint density at radius 2 is 1.92 bits per heavy atom. The summed E-state index contributed by atoms with van der Waals surface area (Å²) in [6.07, 6.45) is 4.58. The van der Waals surface area contributed by atoms with E-state index in [0.29, 0.717) is 28.9 Å². The fraction of sp³-hybridized carbons (Fsp3) is 0.350. The molecule has 2 amide bonds. The van der Waals surface area contributed by atoms with E-state index in [-0.39, 0.29) is 20.2 Å². The van der Waals surface area contributed by atoms with Crippen molar-refractivity contribution in [1.82, 2.24) is 15.6 Å². The third kappa shape index (κ3) is 4.65. The Labute approximate surface area is 156 Å². The SMILES string of the molecule is CCCCCNC(=O)c1ccc(-c2cc(C(=O)NC)cc(F)c2C)nc1.[HH].[HH]. The largest absolute Gasteiger partial charge is 0.355 e. The highest BCUT2D eigenvalue weighted by Gasteiger charge is 2.14. The average molecular weight is 361 g/mol. The molecule has 0 aliphatic rings. The second-order valence-corrected chi connectivity index (χ2v) is 6.10. The zero-order valence-electron chi connectivity index (χ0n) is 15.4. The van der Waals surface area contributed by atoms with Gasteiger partial charge in [-0.25, -0.2) is 4.39 Å². The van der Waals surface area contributed by atoms with Gasteiger partial charge in [0.15, 0.2) is 0 Å². The molecule has 0 fully saturated rings. The fourth-order valence-corrected chi connectivity index (χ4v) is 2.59. The van der Waals surface area contributed by atoms with Crippen molar-refractivity contribution in [3.8, 4) is 11.3 Å². The minimum absolute atomic E-state index is 0. The van der Waals surface area contributed by atoms with E-state index in [1.54, 1.807) is 25.1 Å². The first kappa shape index (κ1) is 19.6. The van der Waals surface area contributed by atoms with Gasteiger partial charge in [-0.05, 0) is 43.2 Å². The van der Waals surface area contributed by atoms with Crippen LogP contribution in [0.4, 0.5) is 4.39 Å². The van der Waals surface area contributed by atoms with Crippen LogP contribution in [-0.2, 0) is 0 Å². The van der Waals surface area contributed by atoms with Crippen molar-refractivity contribution in [2.45, 2.75) is 33.1 Å². The third-order valence-electron chi connectivity index (χ3n) is 4.20. The second kappa shape index (κ2) is 9.08. The molecular weight excluding hydrogens is 333 g/mol. The smallest absolute Gasteiger partial charge is 0.252 e. The molecule has 1 heterocycles. The van der Waals surface area contributed by atoms with E-state index in [1.165, 1.54) is 19.3 Å². The molecule has 1 aromatic carbocycles. The summed E-state index contributed by atoms with van der Waals surface area (Å²) in [7, 11) is 1.49. The van der Waals surface area contributed by atoms with E-state index in [0.717, 1.165) is 19.3 Å². The summed E-state index contributed by atoms with van der Waals surface area (Å²) in [6.45, 7) is 4.37. The van der Waals surface area contributed by atoms with Gasteiger partial charge in [0.05, 0.1) is 11.3 Å². The zero-order valence-corrected chi connectivity index (χ0v) is 15.4. The van der Waals surface area contributed by atoms with Gasteiger partial charge in [0.2, 0.25) is 0 Å². The van der Waals surface area contributed by atoms with Gasteiger partial charge in [-0.15, -0.1) is 0 Å². The van der Waals surface area contributed by atoms with Crippen LogP contribution < -0.4 is 10.6 Å². The van der Waals surface area contributed by atoms with Crippen molar-refractivity contribution < 1.29 is 16.8 Å². The molecule has 5 nitrogen and oxygen atoms in total. The van der Waals surface area contributed by atoms with E-state index in [1.807, 2.05) is 0 Å². The van der Waals surface area contributed by atoms with Crippen LogP contribution in [0.2, 0.25) is 0 Å². The molecule has 0 saturated heterocycles. The van der Waals surface area contributed by atoms with Gasteiger partial charge < -0.3 is 10.6 Å². The Morgan fingerprint density at radius 3 is 2.54 bits per heavy atom. The Bertz CT molecular complexity index is 799. The first-order chi connectivity index (χ1) is 12.5. The van der Waals surface area contributed by atoms with E-state index in [2.05, 4.69) is 22.5 Å². The van der Waals surface area contributed by atoms with Crippen LogP contribution in [0.3, 0.4) is 0 Å². The van der Waals surface area contributed by atoms with Gasteiger partial charge in [-0.3, -0.25) is 14.6 Å². The molecule has 26 heavy (non-hydrogen) atoms. The average Bonchev–Trinajstić information content (AvgIpc) is 2.66. The highest BCUT2D eigenvalue weighted by molar-refractivity contribution is 5.96. The Morgan fingerprint density at radius 1 is 1.15 bits per heavy atom. The molecule has 1 aromatic heterocycles. The van der Waals surface area contributed by atoms with Crippen molar-refractivity contribution in [1.29, 1.82) is 0 Å². The fourth-order valence-electron chi connectivity index (χ4n) is 2.59. The first-order valence-electron chi connectivity index (χ1n) is 8.74. The molecule has 0 spiro atoms. The lowest BCUT2D eigenvalue weighted by Crippen LogP contribution is -2.24. The molecule has 6 heteroatoms. The van der Waals surface area contributed by atoms with Crippen LogP contribution >= 0.6 is 0 Å². The van der Waals surface area contributed by atoms with Crippen molar-refractivity contribution in [3.63, 3.8) is 0 Å². The van der Waals surface area contributed by atoms with Gasteiger partial charge in [0.25, 0.3) is 11.8 Å². The Hall–Kier alpha value is -2.76. The number of aromatic nitrogens is 1. The van der Waals surface area contributed by atoms with Gasteiger partial charge >= 0.3 is 0 Å². The summed E-state index contributed by atoms with van der Waals surface area (Å²) < 4.78 is 14.2. The number of halogens is 1. The van der Waals surface area contributed by atoms with Crippen LogP contribution in [0.5, 0.6) is 0 Å². The predicted octanol–water partition coefficient (Wildman–Crippen LogP) is 3.97. The molecule has 2 aromatic rings. The van der Waals surface area contributed by atoms with Gasteiger partial charge in [-0.1, -0.05) is 19.8 Å².